The molecule has 0 spiro atoms. The third-order valence-corrected chi connectivity index (χ3v) is 2.34. The predicted molar refractivity (Wildman–Crippen MR) is 55.5 cm³/mol. The maximum atomic E-state index is 11.5. The van der Waals surface area contributed by atoms with E-state index >= 15 is 0 Å². The zero-order chi connectivity index (χ0) is 10.8. The normalized spacial score (nSPS) is 10.2. The van der Waals surface area contributed by atoms with E-state index in [0.29, 0.717) is 5.82 Å². The molecule has 7 nitrogen and oxygen atoms in total. The number of nitrogens with zero attached hydrogens (tertiary/aromatic N) is 4. The van der Waals surface area contributed by atoms with Gasteiger partial charge in [0.1, 0.15) is 0 Å². The quantitative estimate of drug-likeness (QED) is 0.754. The highest BCUT2D eigenvalue weighted by Crippen LogP contribution is 2.12. The summed E-state index contributed by atoms with van der Waals surface area (Å²) in [6.45, 7) is 0. The third kappa shape index (κ3) is 2.10. The average Bonchev–Trinajstić information content (AvgIpc) is 2.75. The number of aromatic nitrogens is 4. The zero-order valence-corrected chi connectivity index (χ0v) is 8.65. The molecule has 78 valence electrons. The largest absolute Gasteiger partial charge is 0.374 e. The highest BCUT2D eigenvalue weighted by atomic mass is 32.1. The lowest BCUT2D eigenvalue weighted by Gasteiger charge is -1.95. The number of carbonyl (C=O) groups is 1. The van der Waals surface area contributed by atoms with E-state index in [2.05, 4.69) is 20.6 Å². The van der Waals surface area contributed by atoms with Crippen LogP contribution < -0.4 is 11.1 Å². The van der Waals surface area contributed by atoms with Crippen molar-refractivity contribution in [2.75, 3.05) is 11.1 Å². The topological polar surface area (TPSA) is 98.7 Å². The molecule has 2 heterocycles. The molecule has 2 aromatic heterocycles. The van der Waals surface area contributed by atoms with Gasteiger partial charge in [-0.05, 0) is 0 Å². The van der Waals surface area contributed by atoms with Gasteiger partial charge in [0.15, 0.2) is 5.82 Å². The smallest absolute Gasteiger partial charge is 0.287 e. The number of anilines is 2. The Balaban J connectivity index is 2.10. The van der Waals surface area contributed by atoms with Crippen molar-refractivity contribution in [1.82, 2.24) is 20.0 Å². The maximum Gasteiger partial charge on any atom is 0.287 e. The van der Waals surface area contributed by atoms with Crippen LogP contribution in [0, 0.1) is 0 Å². The van der Waals surface area contributed by atoms with Gasteiger partial charge < -0.3 is 11.1 Å². The van der Waals surface area contributed by atoms with Gasteiger partial charge in [0.25, 0.3) is 5.91 Å². The fourth-order valence-corrected chi connectivity index (χ4v) is 1.48. The first-order valence-corrected chi connectivity index (χ1v) is 4.87. The number of hydrogen-bond acceptors (Lipinski definition) is 6. The third-order valence-electron chi connectivity index (χ3n) is 1.59. The monoisotopic (exact) mass is 224 g/mol. The first kappa shape index (κ1) is 9.59. The molecule has 0 atom stereocenters. The molecule has 3 N–H and O–H groups in total. The second kappa shape index (κ2) is 3.65. The van der Waals surface area contributed by atoms with E-state index in [1.54, 1.807) is 24.0 Å². The molecule has 0 fully saturated rings. The van der Waals surface area contributed by atoms with E-state index in [9.17, 15) is 4.79 Å². The van der Waals surface area contributed by atoms with Crippen LogP contribution in [0.2, 0.25) is 0 Å². The number of nitrogen functional groups attached to an aromatic ring is 1. The van der Waals surface area contributed by atoms with Gasteiger partial charge in [-0.1, -0.05) is 11.3 Å². The summed E-state index contributed by atoms with van der Waals surface area (Å²) in [5.74, 6) is 0.110. The summed E-state index contributed by atoms with van der Waals surface area (Å²) in [6, 6.07) is 1.68. The molecule has 0 aliphatic rings. The lowest BCUT2D eigenvalue weighted by molar-refractivity contribution is 0.102. The first-order valence-electron chi connectivity index (χ1n) is 4.05. The van der Waals surface area contributed by atoms with Crippen LogP contribution in [0.3, 0.4) is 0 Å². The zero-order valence-electron chi connectivity index (χ0n) is 7.84. The van der Waals surface area contributed by atoms with Crippen molar-refractivity contribution < 1.29 is 4.79 Å². The van der Waals surface area contributed by atoms with Gasteiger partial charge in [0, 0.05) is 19.3 Å². The van der Waals surface area contributed by atoms with E-state index in [1.807, 2.05) is 0 Å². The maximum absolute atomic E-state index is 11.5. The van der Waals surface area contributed by atoms with Gasteiger partial charge in [-0.3, -0.25) is 9.48 Å². The summed E-state index contributed by atoms with van der Waals surface area (Å²) < 4.78 is 1.59. The van der Waals surface area contributed by atoms with Gasteiger partial charge in [-0.25, -0.2) is 0 Å². The molecule has 0 radical (unpaired) electrons. The van der Waals surface area contributed by atoms with Crippen molar-refractivity contribution in [3.8, 4) is 0 Å². The minimum Gasteiger partial charge on any atom is -0.374 e. The van der Waals surface area contributed by atoms with Crippen molar-refractivity contribution in [2.45, 2.75) is 0 Å². The Hall–Kier alpha value is -1.96. The van der Waals surface area contributed by atoms with Crippen LogP contribution in [-0.4, -0.2) is 25.9 Å². The molecule has 0 aromatic carbocycles. The van der Waals surface area contributed by atoms with Gasteiger partial charge >= 0.3 is 0 Å². The molecule has 8 heteroatoms. The molecule has 2 rings (SSSR count). The molecule has 0 aliphatic carbocycles. The van der Waals surface area contributed by atoms with Crippen LogP contribution in [0.5, 0.6) is 0 Å². The molecule has 15 heavy (non-hydrogen) atoms. The van der Waals surface area contributed by atoms with Crippen LogP contribution in [0.25, 0.3) is 0 Å². The molecule has 0 bridgehead atoms. The van der Waals surface area contributed by atoms with Crippen LogP contribution >= 0.6 is 11.3 Å². The molecule has 1 amide bonds. The summed E-state index contributed by atoms with van der Waals surface area (Å²) in [5.41, 5.74) is 5.36. The van der Waals surface area contributed by atoms with Crippen molar-refractivity contribution in [1.29, 1.82) is 0 Å². The van der Waals surface area contributed by atoms with Gasteiger partial charge in [0.05, 0.1) is 0 Å². The Labute approximate surface area is 88.9 Å². The summed E-state index contributed by atoms with van der Waals surface area (Å²) in [4.78, 5) is 11.5. The van der Waals surface area contributed by atoms with Crippen molar-refractivity contribution in [3.63, 3.8) is 0 Å². The van der Waals surface area contributed by atoms with Crippen LogP contribution in [0.15, 0.2) is 12.3 Å². The molecular weight excluding hydrogens is 216 g/mol. The number of amides is 1. The van der Waals surface area contributed by atoms with E-state index in [1.165, 1.54) is 0 Å². The Morgan fingerprint density at radius 2 is 2.40 bits per heavy atom. The second-order valence-electron chi connectivity index (χ2n) is 2.77. The lowest BCUT2D eigenvalue weighted by atomic mass is 10.5. The number of carbonyl (C=O) groups excluding carboxylic acids is 1. The Morgan fingerprint density at radius 1 is 1.60 bits per heavy atom. The minimum atomic E-state index is -0.358. The Morgan fingerprint density at radius 3 is 2.93 bits per heavy atom. The molecule has 0 saturated carbocycles. The summed E-state index contributed by atoms with van der Waals surface area (Å²) in [6.07, 6.45) is 1.73. The fraction of sp³-hybridized carbons (Fsp3) is 0.143. The van der Waals surface area contributed by atoms with Crippen LogP contribution in [0.4, 0.5) is 10.9 Å². The van der Waals surface area contributed by atoms with E-state index in [4.69, 9.17) is 5.73 Å². The molecular formula is C7H8N6OS. The van der Waals surface area contributed by atoms with Crippen molar-refractivity contribution >= 4 is 28.2 Å². The summed E-state index contributed by atoms with van der Waals surface area (Å²) in [5, 5.41) is 14.2. The van der Waals surface area contributed by atoms with Gasteiger partial charge in [-0.2, -0.15) is 5.10 Å². The van der Waals surface area contributed by atoms with Crippen molar-refractivity contribution in [2.24, 2.45) is 7.05 Å². The van der Waals surface area contributed by atoms with Crippen LogP contribution in [0.1, 0.15) is 9.80 Å². The number of hydrogen-bond donors (Lipinski definition) is 2. The van der Waals surface area contributed by atoms with Crippen molar-refractivity contribution in [3.05, 3.63) is 17.3 Å². The number of rotatable bonds is 2. The molecule has 2 aromatic rings. The number of nitrogens with one attached hydrogen (secondary N) is 1. The molecule has 0 saturated heterocycles. The van der Waals surface area contributed by atoms with E-state index in [-0.39, 0.29) is 16.0 Å². The van der Waals surface area contributed by atoms with E-state index < -0.39 is 0 Å². The predicted octanol–water partition coefficient (Wildman–Crippen LogP) is 0.106. The van der Waals surface area contributed by atoms with Gasteiger partial charge in [0.2, 0.25) is 10.1 Å². The molecule has 0 aliphatic heterocycles. The SMILES string of the molecule is Cn1ccc(NC(=O)c2nnc(N)s2)n1. The van der Waals surface area contributed by atoms with Gasteiger partial charge in [-0.15, -0.1) is 10.2 Å². The molecule has 0 unspecified atom stereocenters. The Kier molecular flexibility index (Phi) is 2.34. The second-order valence-corrected chi connectivity index (χ2v) is 3.78. The summed E-state index contributed by atoms with van der Waals surface area (Å²) in [7, 11) is 1.76. The highest BCUT2D eigenvalue weighted by molar-refractivity contribution is 7.16. The lowest BCUT2D eigenvalue weighted by Crippen LogP contribution is -2.12. The van der Waals surface area contributed by atoms with Crippen LogP contribution in [-0.2, 0) is 7.05 Å². The summed E-state index contributed by atoms with van der Waals surface area (Å²) >= 11 is 1.03. The average molecular weight is 224 g/mol. The first-order chi connectivity index (χ1) is 7.15. The number of aryl methyl sites for hydroxylation is 1. The fourth-order valence-electron chi connectivity index (χ4n) is 0.978. The highest BCUT2D eigenvalue weighted by Gasteiger charge is 2.12. The van der Waals surface area contributed by atoms with E-state index in [0.717, 1.165) is 11.3 Å². The minimum absolute atomic E-state index is 0.221. The Bertz CT molecular complexity index is 489. The number of nitrogens with two attached hydrogens (primary N) is 1. The standard InChI is InChI=1S/C7H8N6OS/c1-13-3-2-4(12-13)9-5(14)6-10-11-7(8)15-6/h2-3H,1H3,(H2,8,11)(H,9,12,14).